The molecule has 180 valence electrons. The van der Waals surface area contributed by atoms with E-state index in [1.54, 1.807) is 10.9 Å². The van der Waals surface area contributed by atoms with E-state index in [1.807, 2.05) is 99.6 Å². The van der Waals surface area contributed by atoms with Gasteiger partial charge >= 0.3 is 0 Å². The van der Waals surface area contributed by atoms with Gasteiger partial charge in [-0.2, -0.15) is 5.10 Å². The first-order valence-corrected chi connectivity index (χ1v) is 11.8. The van der Waals surface area contributed by atoms with Gasteiger partial charge in [-0.15, -0.1) is 0 Å². The third-order valence-electron chi connectivity index (χ3n) is 6.21. The second-order valence-corrected chi connectivity index (χ2v) is 8.97. The SMILES string of the molecule is CC1=C(C(=O)Nc2ccccc2)[C@H](c2cccc(C)c2)n2ncc(C(=O)Nc3ccc(C)cc3)c2N1. The first-order chi connectivity index (χ1) is 17.4. The van der Waals surface area contributed by atoms with E-state index in [2.05, 4.69) is 21.0 Å². The molecule has 0 saturated heterocycles. The van der Waals surface area contributed by atoms with Gasteiger partial charge < -0.3 is 16.0 Å². The number of rotatable bonds is 5. The molecule has 4 aromatic rings. The summed E-state index contributed by atoms with van der Waals surface area (Å²) in [5, 5.41) is 13.8. The van der Waals surface area contributed by atoms with Crippen LogP contribution in [0.1, 0.15) is 40.0 Å². The maximum Gasteiger partial charge on any atom is 0.261 e. The lowest BCUT2D eigenvalue weighted by molar-refractivity contribution is -0.113. The van der Waals surface area contributed by atoms with Gasteiger partial charge in [-0.1, -0.05) is 65.7 Å². The average Bonchev–Trinajstić information content (AvgIpc) is 3.28. The Bertz CT molecular complexity index is 1470. The van der Waals surface area contributed by atoms with Crippen molar-refractivity contribution >= 4 is 29.0 Å². The number of carbonyl (C=O) groups is 2. The van der Waals surface area contributed by atoms with E-state index in [-0.39, 0.29) is 11.8 Å². The number of hydrogen-bond acceptors (Lipinski definition) is 4. The predicted octanol–water partition coefficient (Wildman–Crippen LogP) is 5.68. The van der Waals surface area contributed by atoms with Crippen molar-refractivity contribution in [1.82, 2.24) is 9.78 Å². The first-order valence-electron chi connectivity index (χ1n) is 11.8. The summed E-state index contributed by atoms with van der Waals surface area (Å²) in [5.41, 5.74) is 6.08. The van der Waals surface area contributed by atoms with Crippen molar-refractivity contribution in [1.29, 1.82) is 0 Å². The quantitative estimate of drug-likeness (QED) is 0.345. The normalized spacial score (nSPS) is 14.6. The number of anilines is 3. The highest BCUT2D eigenvalue weighted by Crippen LogP contribution is 2.38. The highest BCUT2D eigenvalue weighted by Gasteiger charge is 2.35. The molecule has 0 spiro atoms. The van der Waals surface area contributed by atoms with Gasteiger partial charge in [0.25, 0.3) is 11.8 Å². The number of benzene rings is 3. The van der Waals surface area contributed by atoms with Gasteiger partial charge in [0.2, 0.25) is 0 Å². The van der Waals surface area contributed by atoms with Crippen molar-refractivity contribution < 1.29 is 9.59 Å². The summed E-state index contributed by atoms with van der Waals surface area (Å²) in [4.78, 5) is 26.7. The fourth-order valence-electron chi connectivity index (χ4n) is 4.42. The summed E-state index contributed by atoms with van der Waals surface area (Å²) in [6.07, 6.45) is 1.54. The molecule has 1 atom stereocenters. The van der Waals surface area contributed by atoms with Crippen molar-refractivity contribution in [3.63, 3.8) is 0 Å². The minimum atomic E-state index is -0.509. The summed E-state index contributed by atoms with van der Waals surface area (Å²) in [7, 11) is 0. The molecule has 1 aliphatic rings. The second kappa shape index (κ2) is 9.54. The van der Waals surface area contributed by atoms with Crippen molar-refractivity contribution in [3.8, 4) is 0 Å². The molecule has 7 heteroatoms. The molecular formula is C29H27N5O2. The van der Waals surface area contributed by atoms with E-state index < -0.39 is 6.04 Å². The van der Waals surface area contributed by atoms with Gasteiger partial charge in [0.1, 0.15) is 17.4 Å². The Morgan fingerprint density at radius 2 is 1.50 bits per heavy atom. The highest BCUT2D eigenvalue weighted by molar-refractivity contribution is 6.09. The minimum absolute atomic E-state index is 0.232. The smallest absolute Gasteiger partial charge is 0.261 e. The van der Waals surface area contributed by atoms with E-state index in [4.69, 9.17) is 0 Å². The average molecular weight is 478 g/mol. The summed E-state index contributed by atoms with van der Waals surface area (Å²) < 4.78 is 1.71. The van der Waals surface area contributed by atoms with Gasteiger partial charge in [0, 0.05) is 17.1 Å². The van der Waals surface area contributed by atoms with E-state index in [1.165, 1.54) is 0 Å². The zero-order valence-electron chi connectivity index (χ0n) is 20.4. The molecule has 1 aliphatic heterocycles. The fourth-order valence-corrected chi connectivity index (χ4v) is 4.42. The Hall–Kier alpha value is -4.65. The highest BCUT2D eigenvalue weighted by atomic mass is 16.2. The molecule has 3 aromatic carbocycles. The monoisotopic (exact) mass is 477 g/mol. The molecule has 2 heterocycles. The maximum absolute atomic E-state index is 13.5. The van der Waals surface area contributed by atoms with Crippen LogP contribution in [0.2, 0.25) is 0 Å². The Morgan fingerprint density at radius 3 is 2.22 bits per heavy atom. The molecule has 1 aromatic heterocycles. The zero-order valence-corrected chi connectivity index (χ0v) is 20.4. The van der Waals surface area contributed by atoms with Crippen LogP contribution in [0, 0.1) is 13.8 Å². The Labute approximate surface area is 209 Å². The van der Waals surface area contributed by atoms with Crippen LogP contribution >= 0.6 is 0 Å². The van der Waals surface area contributed by atoms with Gasteiger partial charge in [-0.25, -0.2) is 4.68 Å². The Kier molecular flexibility index (Phi) is 6.12. The topological polar surface area (TPSA) is 88.0 Å². The van der Waals surface area contributed by atoms with Crippen molar-refractivity contribution in [2.24, 2.45) is 0 Å². The van der Waals surface area contributed by atoms with Gasteiger partial charge in [-0.05, 0) is 50.6 Å². The molecule has 7 nitrogen and oxygen atoms in total. The second-order valence-electron chi connectivity index (χ2n) is 8.97. The fraction of sp³-hybridized carbons (Fsp3) is 0.138. The minimum Gasteiger partial charge on any atom is -0.343 e. The van der Waals surface area contributed by atoms with Crippen LogP contribution < -0.4 is 16.0 Å². The van der Waals surface area contributed by atoms with E-state index in [0.29, 0.717) is 34.0 Å². The third-order valence-corrected chi connectivity index (χ3v) is 6.21. The van der Waals surface area contributed by atoms with Crippen molar-refractivity contribution in [2.75, 3.05) is 16.0 Å². The Morgan fingerprint density at radius 1 is 0.806 bits per heavy atom. The van der Waals surface area contributed by atoms with E-state index in [9.17, 15) is 9.59 Å². The number of carbonyl (C=O) groups excluding carboxylic acids is 2. The van der Waals surface area contributed by atoms with Crippen molar-refractivity contribution in [3.05, 3.63) is 119 Å². The summed E-state index contributed by atoms with van der Waals surface area (Å²) in [6.45, 7) is 5.85. The summed E-state index contributed by atoms with van der Waals surface area (Å²) in [6, 6.07) is 24.4. The first kappa shape index (κ1) is 23.1. The molecule has 0 fully saturated rings. The van der Waals surface area contributed by atoms with Gasteiger partial charge in [0.05, 0.1) is 11.8 Å². The van der Waals surface area contributed by atoms with Crippen molar-refractivity contribution in [2.45, 2.75) is 26.8 Å². The molecule has 2 amide bonds. The predicted molar refractivity (Wildman–Crippen MR) is 142 cm³/mol. The van der Waals surface area contributed by atoms with Crippen LogP contribution in [-0.2, 0) is 4.79 Å². The number of hydrogen-bond donors (Lipinski definition) is 3. The standard InChI is InChI=1S/C29H27N5O2/c1-18-12-14-23(15-13-18)32-28(35)24-17-30-34-26(21-9-7-8-19(2)16-21)25(20(3)31-27(24)34)29(36)33-22-10-5-4-6-11-22/h4-17,26,31H,1-3H3,(H,32,35)(H,33,36)/t26-/m0/s1. The molecule has 3 N–H and O–H groups in total. The van der Waals surface area contributed by atoms with Gasteiger partial charge in [-0.3, -0.25) is 9.59 Å². The van der Waals surface area contributed by atoms with Crippen LogP contribution in [0.15, 0.2) is 96.3 Å². The number of fused-ring (bicyclic) bond motifs is 1. The molecule has 5 rings (SSSR count). The summed E-state index contributed by atoms with van der Waals surface area (Å²) >= 11 is 0. The van der Waals surface area contributed by atoms with Crippen LogP contribution in [0.5, 0.6) is 0 Å². The maximum atomic E-state index is 13.5. The number of aromatic nitrogens is 2. The van der Waals surface area contributed by atoms with Gasteiger partial charge in [0.15, 0.2) is 0 Å². The molecule has 0 bridgehead atoms. The zero-order chi connectivity index (χ0) is 25.2. The van der Waals surface area contributed by atoms with Crippen LogP contribution in [0.3, 0.4) is 0 Å². The molecular weight excluding hydrogens is 450 g/mol. The van der Waals surface area contributed by atoms with E-state index >= 15 is 0 Å². The number of nitrogens with one attached hydrogen (secondary N) is 3. The number of para-hydroxylation sites is 1. The van der Waals surface area contributed by atoms with Crippen LogP contribution in [-0.4, -0.2) is 21.6 Å². The Balaban J connectivity index is 1.54. The molecule has 36 heavy (non-hydrogen) atoms. The number of nitrogens with zero attached hydrogens (tertiary/aromatic N) is 2. The number of amides is 2. The van der Waals surface area contributed by atoms with Crippen LogP contribution in [0.25, 0.3) is 0 Å². The van der Waals surface area contributed by atoms with Crippen LogP contribution in [0.4, 0.5) is 17.2 Å². The molecule has 0 aliphatic carbocycles. The lowest BCUT2D eigenvalue weighted by atomic mass is 9.93. The molecule has 0 radical (unpaired) electrons. The number of allylic oxidation sites excluding steroid dienone is 1. The third kappa shape index (κ3) is 4.51. The molecule has 0 unspecified atom stereocenters. The van der Waals surface area contributed by atoms with E-state index in [0.717, 1.165) is 16.7 Å². The number of aryl methyl sites for hydroxylation is 2. The lowest BCUT2D eigenvalue weighted by Crippen LogP contribution is -2.32. The largest absolute Gasteiger partial charge is 0.343 e. The lowest BCUT2D eigenvalue weighted by Gasteiger charge is -2.30. The summed E-state index contributed by atoms with van der Waals surface area (Å²) in [5.74, 6) is 0.0324. The molecule has 0 saturated carbocycles.